The van der Waals surface area contributed by atoms with Gasteiger partial charge in [0.2, 0.25) is 17.8 Å². The lowest BCUT2D eigenvalue weighted by atomic mass is 10.1. The number of hydrogen-bond acceptors (Lipinski definition) is 5. The second kappa shape index (κ2) is 7.95. The number of hydrogen-bond donors (Lipinski definition) is 1. The maximum Gasteiger partial charge on any atom is 0.233 e. The number of nitrogens with zero attached hydrogens (tertiary/aromatic N) is 4. The van der Waals surface area contributed by atoms with E-state index < -0.39 is 0 Å². The molecule has 2 amide bonds. The van der Waals surface area contributed by atoms with Crippen molar-refractivity contribution in [3.63, 3.8) is 0 Å². The fourth-order valence-corrected chi connectivity index (χ4v) is 2.92. The standard InChI is InChI=1S/C19H23N5O2/c1-14-4-5-15(2)16(12-14)22-17(25)13-18(26)23-8-10-24(11-9-23)19-20-6-3-7-21-19/h3-7,12H,8-11,13H2,1-2H3,(H,22,25). The van der Waals surface area contributed by atoms with E-state index in [1.807, 2.05) is 36.9 Å². The predicted octanol–water partition coefficient (Wildman–Crippen LogP) is 1.77. The van der Waals surface area contributed by atoms with E-state index >= 15 is 0 Å². The fourth-order valence-electron chi connectivity index (χ4n) is 2.92. The van der Waals surface area contributed by atoms with Crippen LogP contribution in [-0.4, -0.2) is 52.9 Å². The summed E-state index contributed by atoms with van der Waals surface area (Å²) in [6, 6.07) is 7.64. The summed E-state index contributed by atoms with van der Waals surface area (Å²) in [5.74, 6) is 0.242. The number of carbonyl (C=O) groups is 2. The zero-order chi connectivity index (χ0) is 18.5. The number of benzene rings is 1. The lowest BCUT2D eigenvalue weighted by Crippen LogP contribution is -2.49. The summed E-state index contributed by atoms with van der Waals surface area (Å²) < 4.78 is 0. The van der Waals surface area contributed by atoms with E-state index in [9.17, 15) is 9.59 Å². The first kappa shape index (κ1) is 17.8. The smallest absolute Gasteiger partial charge is 0.233 e. The van der Waals surface area contributed by atoms with Crippen molar-refractivity contribution in [1.82, 2.24) is 14.9 Å². The Hall–Kier alpha value is -2.96. The van der Waals surface area contributed by atoms with Crippen molar-refractivity contribution in [1.29, 1.82) is 0 Å². The molecule has 0 atom stereocenters. The van der Waals surface area contributed by atoms with Crippen LogP contribution in [0.5, 0.6) is 0 Å². The van der Waals surface area contributed by atoms with Gasteiger partial charge in [0.1, 0.15) is 6.42 Å². The van der Waals surface area contributed by atoms with Crippen LogP contribution >= 0.6 is 0 Å². The van der Waals surface area contributed by atoms with Crippen LogP contribution in [0.3, 0.4) is 0 Å². The fraction of sp³-hybridized carbons (Fsp3) is 0.368. The van der Waals surface area contributed by atoms with Crippen molar-refractivity contribution >= 4 is 23.5 Å². The minimum Gasteiger partial charge on any atom is -0.339 e. The Morgan fingerprint density at radius 1 is 1.08 bits per heavy atom. The Bertz CT molecular complexity index is 786. The molecule has 0 spiro atoms. The molecule has 7 heteroatoms. The Labute approximate surface area is 153 Å². The van der Waals surface area contributed by atoms with Gasteiger partial charge in [-0.2, -0.15) is 0 Å². The molecule has 0 saturated carbocycles. The molecule has 7 nitrogen and oxygen atoms in total. The van der Waals surface area contributed by atoms with Gasteiger partial charge in [-0.25, -0.2) is 9.97 Å². The largest absolute Gasteiger partial charge is 0.339 e. The van der Waals surface area contributed by atoms with Crippen LogP contribution in [0.25, 0.3) is 0 Å². The molecule has 0 unspecified atom stereocenters. The van der Waals surface area contributed by atoms with Gasteiger partial charge in [-0.15, -0.1) is 0 Å². The van der Waals surface area contributed by atoms with Gasteiger partial charge in [-0.05, 0) is 37.1 Å². The van der Waals surface area contributed by atoms with Crippen LogP contribution in [0.15, 0.2) is 36.7 Å². The minimum absolute atomic E-state index is 0.144. The van der Waals surface area contributed by atoms with Crippen LogP contribution in [-0.2, 0) is 9.59 Å². The van der Waals surface area contributed by atoms with Gasteiger partial charge in [0.05, 0.1) is 0 Å². The Kier molecular flexibility index (Phi) is 5.46. The van der Waals surface area contributed by atoms with Crippen molar-refractivity contribution in [2.75, 3.05) is 36.4 Å². The monoisotopic (exact) mass is 353 g/mol. The summed E-state index contributed by atoms with van der Waals surface area (Å²) in [4.78, 5) is 36.9. The van der Waals surface area contributed by atoms with Crippen molar-refractivity contribution in [2.24, 2.45) is 0 Å². The van der Waals surface area contributed by atoms with Gasteiger partial charge < -0.3 is 15.1 Å². The third-order valence-electron chi connectivity index (χ3n) is 4.45. The summed E-state index contributed by atoms with van der Waals surface area (Å²) in [6.07, 6.45) is 3.27. The van der Waals surface area contributed by atoms with Gasteiger partial charge in [0.25, 0.3) is 0 Å². The molecule has 0 aliphatic carbocycles. The summed E-state index contributed by atoms with van der Waals surface area (Å²) >= 11 is 0. The maximum absolute atomic E-state index is 12.4. The summed E-state index contributed by atoms with van der Waals surface area (Å²) in [6.45, 7) is 6.35. The van der Waals surface area contributed by atoms with Crippen LogP contribution in [0, 0.1) is 13.8 Å². The first-order valence-corrected chi connectivity index (χ1v) is 8.70. The lowest BCUT2D eigenvalue weighted by molar-refractivity contribution is -0.134. The van der Waals surface area contributed by atoms with E-state index in [2.05, 4.69) is 15.3 Å². The Morgan fingerprint density at radius 2 is 1.77 bits per heavy atom. The second-order valence-corrected chi connectivity index (χ2v) is 6.46. The molecule has 1 aromatic heterocycles. The highest BCUT2D eigenvalue weighted by Crippen LogP contribution is 2.17. The number of amides is 2. The third-order valence-corrected chi connectivity index (χ3v) is 4.45. The Morgan fingerprint density at radius 3 is 2.46 bits per heavy atom. The van der Waals surface area contributed by atoms with E-state index in [4.69, 9.17) is 0 Å². The number of aryl methyl sites for hydroxylation is 2. The summed E-state index contributed by atoms with van der Waals surface area (Å²) in [7, 11) is 0. The molecule has 1 N–H and O–H groups in total. The number of rotatable bonds is 4. The van der Waals surface area contributed by atoms with Crippen molar-refractivity contribution in [2.45, 2.75) is 20.3 Å². The first-order chi connectivity index (χ1) is 12.5. The average molecular weight is 353 g/mol. The van der Waals surface area contributed by atoms with Crippen molar-refractivity contribution < 1.29 is 9.59 Å². The molecule has 3 rings (SSSR count). The normalized spacial score (nSPS) is 14.2. The molecule has 26 heavy (non-hydrogen) atoms. The van der Waals surface area contributed by atoms with Crippen molar-refractivity contribution in [3.8, 4) is 0 Å². The third kappa shape index (κ3) is 4.36. The lowest BCUT2D eigenvalue weighted by Gasteiger charge is -2.34. The molecule has 2 aromatic rings. The molecule has 2 heterocycles. The second-order valence-electron chi connectivity index (χ2n) is 6.46. The highest BCUT2D eigenvalue weighted by atomic mass is 16.2. The van der Waals surface area contributed by atoms with Gasteiger partial charge in [-0.3, -0.25) is 9.59 Å². The molecule has 1 aliphatic heterocycles. The molecule has 1 aromatic carbocycles. The SMILES string of the molecule is Cc1ccc(C)c(NC(=O)CC(=O)N2CCN(c3ncccn3)CC2)c1. The average Bonchev–Trinajstić information content (AvgIpc) is 2.65. The minimum atomic E-state index is -0.280. The highest BCUT2D eigenvalue weighted by molar-refractivity contribution is 6.03. The zero-order valence-corrected chi connectivity index (χ0v) is 15.1. The van der Waals surface area contributed by atoms with E-state index in [-0.39, 0.29) is 18.2 Å². The summed E-state index contributed by atoms with van der Waals surface area (Å²) in [5.41, 5.74) is 2.80. The van der Waals surface area contributed by atoms with Gasteiger partial charge in [-0.1, -0.05) is 12.1 Å². The number of piperazine rings is 1. The number of aromatic nitrogens is 2. The van der Waals surface area contributed by atoms with Crippen molar-refractivity contribution in [3.05, 3.63) is 47.8 Å². The number of carbonyl (C=O) groups excluding carboxylic acids is 2. The number of anilines is 2. The molecular formula is C19H23N5O2. The molecular weight excluding hydrogens is 330 g/mol. The highest BCUT2D eigenvalue weighted by Gasteiger charge is 2.24. The van der Waals surface area contributed by atoms with Crippen LogP contribution in [0.1, 0.15) is 17.5 Å². The number of nitrogens with one attached hydrogen (secondary N) is 1. The Balaban J connectivity index is 1.51. The van der Waals surface area contributed by atoms with Gasteiger partial charge >= 0.3 is 0 Å². The predicted molar refractivity (Wildman–Crippen MR) is 100.0 cm³/mol. The maximum atomic E-state index is 12.4. The molecule has 1 saturated heterocycles. The van der Waals surface area contributed by atoms with Crippen LogP contribution < -0.4 is 10.2 Å². The molecule has 1 fully saturated rings. The van der Waals surface area contributed by atoms with E-state index in [0.29, 0.717) is 32.1 Å². The molecule has 136 valence electrons. The molecule has 1 aliphatic rings. The van der Waals surface area contributed by atoms with E-state index in [0.717, 1.165) is 16.8 Å². The van der Waals surface area contributed by atoms with Crippen LogP contribution in [0.2, 0.25) is 0 Å². The van der Waals surface area contributed by atoms with E-state index in [1.54, 1.807) is 23.4 Å². The zero-order valence-electron chi connectivity index (χ0n) is 15.1. The topological polar surface area (TPSA) is 78.4 Å². The van der Waals surface area contributed by atoms with Crippen LogP contribution in [0.4, 0.5) is 11.6 Å². The van der Waals surface area contributed by atoms with Gasteiger partial charge in [0, 0.05) is 44.3 Å². The quantitative estimate of drug-likeness (QED) is 0.848. The summed E-state index contributed by atoms with van der Waals surface area (Å²) in [5, 5.41) is 2.84. The molecule has 0 radical (unpaired) electrons. The molecule has 0 bridgehead atoms. The van der Waals surface area contributed by atoms with Gasteiger partial charge in [0.15, 0.2) is 0 Å². The first-order valence-electron chi connectivity index (χ1n) is 8.70. The van der Waals surface area contributed by atoms with E-state index in [1.165, 1.54) is 0 Å².